The smallest absolute Gasteiger partial charge is 0.222 e. The van der Waals surface area contributed by atoms with Crippen LogP contribution in [0.25, 0.3) is 0 Å². The average Bonchev–Trinajstić information content (AvgIpc) is 2.62. The minimum absolute atomic E-state index is 0.253. The summed E-state index contributed by atoms with van der Waals surface area (Å²) in [5.74, 6) is 0.192. The Morgan fingerprint density at radius 2 is 1.88 bits per heavy atom. The summed E-state index contributed by atoms with van der Waals surface area (Å²) >= 11 is 0. The molecule has 1 heterocycles. The Morgan fingerprint density at radius 1 is 1.16 bits per heavy atom. The normalized spacial score (nSPS) is 15.4. The van der Waals surface area contributed by atoms with Crippen LogP contribution in [0, 0.1) is 5.82 Å². The van der Waals surface area contributed by atoms with Crippen molar-refractivity contribution in [3.8, 4) is 5.75 Å². The van der Waals surface area contributed by atoms with Gasteiger partial charge in [-0.2, -0.15) is 0 Å². The van der Waals surface area contributed by atoms with Crippen LogP contribution in [0.1, 0.15) is 37.7 Å². The number of rotatable bonds is 9. The molecule has 140 valence electrons. The summed E-state index contributed by atoms with van der Waals surface area (Å²) in [4.78, 5) is 16.4. The second-order valence-corrected chi connectivity index (χ2v) is 6.58. The van der Waals surface area contributed by atoms with Crippen molar-refractivity contribution in [1.29, 1.82) is 0 Å². The molecule has 2 rings (SSSR count). The first kappa shape index (κ1) is 19.7. The summed E-state index contributed by atoms with van der Waals surface area (Å²) in [6.07, 6.45) is 4.80. The van der Waals surface area contributed by atoms with Crippen LogP contribution in [0.4, 0.5) is 4.39 Å². The lowest BCUT2D eigenvalue weighted by Crippen LogP contribution is -2.48. The third-order valence-corrected chi connectivity index (χ3v) is 4.69. The third kappa shape index (κ3) is 6.29. The molecule has 2 N–H and O–H groups in total. The van der Waals surface area contributed by atoms with E-state index in [9.17, 15) is 9.18 Å². The van der Waals surface area contributed by atoms with E-state index in [1.54, 1.807) is 6.07 Å². The average molecular weight is 351 g/mol. The molecule has 0 saturated carbocycles. The number of nitrogens with two attached hydrogens (primary N) is 1. The molecule has 0 atom stereocenters. The van der Waals surface area contributed by atoms with Crippen molar-refractivity contribution in [2.45, 2.75) is 38.6 Å². The van der Waals surface area contributed by atoms with Gasteiger partial charge in [-0.25, -0.2) is 4.39 Å². The summed E-state index contributed by atoms with van der Waals surface area (Å²) in [6.45, 7) is 4.58. The molecule has 1 aliphatic heterocycles. The molecular weight excluding hydrogens is 321 g/mol. The molecule has 0 unspecified atom stereocenters. The van der Waals surface area contributed by atoms with E-state index in [4.69, 9.17) is 10.5 Å². The Labute approximate surface area is 149 Å². The van der Waals surface area contributed by atoms with Gasteiger partial charge in [-0.05, 0) is 37.1 Å². The number of unbranched alkanes of at least 4 members (excludes halogenated alkanes) is 3. The maximum absolute atomic E-state index is 13.8. The van der Waals surface area contributed by atoms with Gasteiger partial charge in [0.15, 0.2) is 11.6 Å². The van der Waals surface area contributed by atoms with Gasteiger partial charge in [-0.3, -0.25) is 9.69 Å². The number of methoxy groups -OCH3 is 1. The van der Waals surface area contributed by atoms with Gasteiger partial charge < -0.3 is 15.4 Å². The molecule has 0 radical (unpaired) electrons. The predicted octanol–water partition coefficient (Wildman–Crippen LogP) is 2.39. The number of benzene rings is 1. The zero-order chi connectivity index (χ0) is 18.1. The van der Waals surface area contributed by atoms with E-state index in [1.807, 2.05) is 11.0 Å². The van der Waals surface area contributed by atoms with Crippen LogP contribution in [0.2, 0.25) is 0 Å². The lowest BCUT2D eigenvalue weighted by Gasteiger charge is -2.35. The Balaban J connectivity index is 1.70. The van der Waals surface area contributed by atoms with Crippen molar-refractivity contribution in [2.24, 2.45) is 5.73 Å². The van der Waals surface area contributed by atoms with Crippen LogP contribution in [0.5, 0.6) is 5.75 Å². The summed E-state index contributed by atoms with van der Waals surface area (Å²) in [7, 11) is 1.46. The maximum atomic E-state index is 13.8. The van der Waals surface area contributed by atoms with E-state index < -0.39 is 0 Å². The molecule has 1 aliphatic rings. The van der Waals surface area contributed by atoms with E-state index in [-0.39, 0.29) is 17.5 Å². The number of piperazine rings is 1. The Bertz CT molecular complexity index is 545. The highest BCUT2D eigenvalue weighted by atomic mass is 19.1. The molecule has 6 heteroatoms. The number of hydrogen-bond acceptors (Lipinski definition) is 4. The highest BCUT2D eigenvalue weighted by Crippen LogP contribution is 2.19. The van der Waals surface area contributed by atoms with E-state index in [2.05, 4.69) is 4.90 Å². The molecule has 0 aromatic heterocycles. The number of carbonyl (C=O) groups is 1. The fraction of sp³-hybridized carbons (Fsp3) is 0.632. The number of nitrogens with zero attached hydrogens (tertiary/aromatic N) is 2. The summed E-state index contributed by atoms with van der Waals surface area (Å²) in [5.41, 5.74) is 6.40. The minimum Gasteiger partial charge on any atom is -0.494 e. The van der Waals surface area contributed by atoms with E-state index in [1.165, 1.54) is 13.2 Å². The SMILES string of the molecule is COc1ccc(CN2CCN(C(=O)CCCCCCN)CC2)cc1F. The predicted molar refractivity (Wildman–Crippen MR) is 96.9 cm³/mol. The van der Waals surface area contributed by atoms with E-state index in [0.717, 1.165) is 64.0 Å². The van der Waals surface area contributed by atoms with Crippen LogP contribution < -0.4 is 10.5 Å². The number of hydrogen-bond donors (Lipinski definition) is 1. The summed E-state index contributed by atoms with van der Waals surface area (Å²) in [5, 5.41) is 0. The van der Waals surface area contributed by atoms with Gasteiger partial charge in [0.25, 0.3) is 0 Å². The van der Waals surface area contributed by atoms with Crippen LogP contribution in [-0.2, 0) is 11.3 Å². The molecule has 1 amide bonds. The monoisotopic (exact) mass is 351 g/mol. The molecule has 0 spiro atoms. The zero-order valence-electron chi connectivity index (χ0n) is 15.2. The van der Waals surface area contributed by atoms with Gasteiger partial charge in [0.05, 0.1) is 7.11 Å². The topological polar surface area (TPSA) is 58.8 Å². The number of carbonyl (C=O) groups excluding carboxylic acids is 1. The highest BCUT2D eigenvalue weighted by molar-refractivity contribution is 5.76. The summed E-state index contributed by atoms with van der Waals surface area (Å²) in [6, 6.07) is 5.08. The van der Waals surface area contributed by atoms with Crippen LogP contribution in [0.3, 0.4) is 0 Å². The quantitative estimate of drug-likeness (QED) is 0.694. The van der Waals surface area contributed by atoms with Crippen molar-refractivity contribution >= 4 is 5.91 Å². The molecule has 1 aromatic carbocycles. The van der Waals surface area contributed by atoms with Crippen LogP contribution >= 0.6 is 0 Å². The van der Waals surface area contributed by atoms with Crippen LogP contribution in [-0.4, -0.2) is 55.5 Å². The van der Waals surface area contributed by atoms with Crippen molar-refractivity contribution in [3.05, 3.63) is 29.6 Å². The molecule has 0 bridgehead atoms. The van der Waals surface area contributed by atoms with Gasteiger partial charge in [0, 0.05) is 39.1 Å². The molecular formula is C19H30FN3O2. The van der Waals surface area contributed by atoms with Crippen molar-refractivity contribution < 1.29 is 13.9 Å². The fourth-order valence-corrected chi connectivity index (χ4v) is 3.15. The second kappa shape index (κ2) is 10.4. The molecule has 1 aromatic rings. The van der Waals surface area contributed by atoms with Gasteiger partial charge in [-0.1, -0.05) is 18.9 Å². The molecule has 1 fully saturated rings. The zero-order valence-corrected chi connectivity index (χ0v) is 15.2. The lowest BCUT2D eigenvalue weighted by molar-refractivity contribution is -0.133. The van der Waals surface area contributed by atoms with Gasteiger partial charge in [0.1, 0.15) is 0 Å². The van der Waals surface area contributed by atoms with Crippen molar-refractivity contribution in [3.63, 3.8) is 0 Å². The molecule has 5 nitrogen and oxygen atoms in total. The van der Waals surface area contributed by atoms with Crippen molar-refractivity contribution in [2.75, 3.05) is 39.8 Å². The second-order valence-electron chi connectivity index (χ2n) is 6.58. The first-order chi connectivity index (χ1) is 12.1. The largest absolute Gasteiger partial charge is 0.494 e. The van der Waals surface area contributed by atoms with Gasteiger partial charge in [-0.15, -0.1) is 0 Å². The van der Waals surface area contributed by atoms with Gasteiger partial charge in [0.2, 0.25) is 5.91 Å². The highest BCUT2D eigenvalue weighted by Gasteiger charge is 2.20. The minimum atomic E-state index is -0.330. The first-order valence-corrected chi connectivity index (χ1v) is 9.16. The standard InChI is InChI=1S/C19H30FN3O2/c1-25-18-8-7-16(14-17(18)20)15-22-10-12-23(13-11-22)19(24)6-4-2-3-5-9-21/h7-8,14H,2-6,9-13,15,21H2,1H3. The van der Waals surface area contributed by atoms with Crippen LogP contribution in [0.15, 0.2) is 18.2 Å². The number of ether oxygens (including phenoxy) is 1. The molecule has 1 saturated heterocycles. The molecule has 25 heavy (non-hydrogen) atoms. The first-order valence-electron chi connectivity index (χ1n) is 9.16. The number of amides is 1. The lowest BCUT2D eigenvalue weighted by atomic mass is 10.1. The van der Waals surface area contributed by atoms with E-state index in [0.29, 0.717) is 13.0 Å². The Kier molecular flexibility index (Phi) is 8.15. The Morgan fingerprint density at radius 3 is 2.52 bits per heavy atom. The molecule has 0 aliphatic carbocycles. The fourth-order valence-electron chi connectivity index (χ4n) is 3.15. The summed E-state index contributed by atoms with van der Waals surface area (Å²) < 4.78 is 18.7. The van der Waals surface area contributed by atoms with Crippen molar-refractivity contribution in [1.82, 2.24) is 9.80 Å². The number of halogens is 1. The Hall–Kier alpha value is -1.66. The van der Waals surface area contributed by atoms with Gasteiger partial charge >= 0.3 is 0 Å². The third-order valence-electron chi connectivity index (χ3n) is 4.69. The van der Waals surface area contributed by atoms with E-state index >= 15 is 0 Å². The maximum Gasteiger partial charge on any atom is 0.222 e.